The standard InChI is InChI=1S/C26H22F3N3O3/c1-25-14-21(20-7-2-3-8-22(20)35-25)31-24(34)32(25)19-6-4-5-17(13-19)23(33)30-15-16-9-11-18(12-10-16)26(27,28)29/h2-13,21H,14-15H2,1H3,(H,30,33)(H,31,34). The Kier molecular flexibility index (Phi) is 5.42. The van der Waals surface area contributed by atoms with E-state index >= 15 is 0 Å². The van der Waals surface area contributed by atoms with Crippen LogP contribution in [0.3, 0.4) is 0 Å². The summed E-state index contributed by atoms with van der Waals surface area (Å²) in [5, 5.41) is 5.72. The minimum atomic E-state index is -4.41. The van der Waals surface area contributed by atoms with E-state index in [4.69, 9.17) is 4.74 Å². The molecule has 2 atom stereocenters. The fourth-order valence-corrected chi connectivity index (χ4v) is 4.60. The van der Waals surface area contributed by atoms with Crippen LogP contribution in [-0.2, 0) is 12.7 Å². The molecule has 9 heteroatoms. The van der Waals surface area contributed by atoms with Crippen LogP contribution in [0.5, 0.6) is 5.75 Å². The van der Waals surface area contributed by atoms with Crippen molar-refractivity contribution in [3.8, 4) is 5.75 Å². The quantitative estimate of drug-likeness (QED) is 0.524. The van der Waals surface area contributed by atoms with Gasteiger partial charge in [0.25, 0.3) is 5.91 Å². The van der Waals surface area contributed by atoms with Crippen molar-refractivity contribution in [3.63, 3.8) is 0 Å². The highest BCUT2D eigenvalue weighted by Gasteiger charge is 2.49. The minimum Gasteiger partial charge on any atom is -0.467 e. The largest absolute Gasteiger partial charge is 0.467 e. The maximum Gasteiger partial charge on any atom is 0.416 e. The number of nitrogens with zero attached hydrogens (tertiary/aromatic N) is 1. The molecule has 1 fully saturated rings. The molecule has 3 aromatic carbocycles. The topological polar surface area (TPSA) is 70.7 Å². The number of carbonyl (C=O) groups is 2. The molecular weight excluding hydrogens is 459 g/mol. The maximum atomic E-state index is 13.1. The van der Waals surface area contributed by atoms with Gasteiger partial charge in [-0.25, -0.2) is 4.79 Å². The molecule has 2 N–H and O–H groups in total. The lowest BCUT2D eigenvalue weighted by Crippen LogP contribution is -2.65. The number of anilines is 1. The zero-order chi connectivity index (χ0) is 24.8. The summed E-state index contributed by atoms with van der Waals surface area (Å²) in [6, 6.07) is 18.3. The minimum absolute atomic E-state index is 0.0602. The summed E-state index contributed by atoms with van der Waals surface area (Å²) in [6.45, 7) is 1.90. The molecular formula is C26H22F3N3O3. The number of carbonyl (C=O) groups excluding carboxylic acids is 2. The van der Waals surface area contributed by atoms with Gasteiger partial charge in [0, 0.05) is 24.1 Å². The normalized spacial score (nSPS) is 21.0. The number of alkyl halides is 3. The second-order valence-electron chi connectivity index (χ2n) is 8.78. The third-order valence-electron chi connectivity index (χ3n) is 6.28. The Morgan fingerprint density at radius 1 is 1.11 bits per heavy atom. The molecule has 0 aliphatic carbocycles. The number of nitrogens with one attached hydrogen (secondary N) is 2. The molecule has 35 heavy (non-hydrogen) atoms. The lowest BCUT2D eigenvalue weighted by Gasteiger charge is -2.50. The van der Waals surface area contributed by atoms with E-state index in [1.54, 1.807) is 24.3 Å². The van der Waals surface area contributed by atoms with Crippen molar-refractivity contribution in [3.05, 3.63) is 95.1 Å². The number of hydrogen-bond donors (Lipinski definition) is 2. The molecule has 2 aliphatic heterocycles. The van der Waals surface area contributed by atoms with Crippen LogP contribution in [0.2, 0.25) is 0 Å². The number of urea groups is 1. The predicted octanol–water partition coefficient (Wildman–Crippen LogP) is 5.41. The fraction of sp³-hybridized carbons (Fsp3) is 0.231. The molecule has 2 unspecified atom stereocenters. The number of ether oxygens (including phenoxy) is 1. The summed E-state index contributed by atoms with van der Waals surface area (Å²) in [6.07, 6.45) is -3.89. The first-order valence-corrected chi connectivity index (χ1v) is 11.1. The molecule has 180 valence electrons. The Morgan fingerprint density at radius 3 is 2.60 bits per heavy atom. The third kappa shape index (κ3) is 4.29. The molecule has 0 radical (unpaired) electrons. The van der Waals surface area contributed by atoms with Gasteiger partial charge in [0.1, 0.15) is 5.75 Å². The lowest BCUT2D eigenvalue weighted by molar-refractivity contribution is -0.137. The van der Waals surface area contributed by atoms with Crippen LogP contribution in [0.15, 0.2) is 72.8 Å². The van der Waals surface area contributed by atoms with Crippen molar-refractivity contribution < 1.29 is 27.5 Å². The summed E-state index contributed by atoms with van der Waals surface area (Å²) in [5.74, 6) is 0.281. The second-order valence-corrected chi connectivity index (χ2v) is 8.78. The van der Waals surface area contributed by atoms with Gasteiger partial charge in [-0.3, -0.25) is 9.69 Å². The lowest BCUT2D eigenvalue weighted by atomic mass is 9.90. The van der Waals surface area contributed by atoms with Gasteiger partial charge in [0.15, 0.2) is 5.72 Å². The number of amides is 3. The first kappa shape index (κ1) is 22.8. The van der Waals surface area contributed by atoms with Gasteiger partial charge in [-0.15, -0.1) is 0 Å². The average molecular weight is 481 g/mol. The maximum absolute atomic E-state index is 13.1. The summed E-state index contributed by atoms with van der Waals surface area (Å²) in [4.78, 5) is 27.4. The fourth-order valence-electron chi connectivity index (χ4n) is 4.60. The number of para-hydroxylation sites is 1. The van der Waals surface area contributed by atoms with Crippen LogP contribution >= 0.6 is 0 Å². The molecule has 1 saturated heterocycles. The van der Waals surface area contributed by atoms with Crippen molar-refractivity contribution in [2.75, 3.05) is 4.90 Å². The number of benzene rings is 3. The molecule has 2 heterocycles. The van der Waals surface area contributed by atoms with Crippen molar-refractivity contribution in [1.82, 2.24) is 10.6 Å². The molecule has 0 spiro atoms. The van der Waals surface area contributed by atoms with Crippen LogP contribution in [0.25, 0.3) is 0 Å². The summed E-state index contributed by atoms with van der Waals surface area (Å²) in [7, 11) is 0. The monoisotopic (exact) mass is 481 g/mol. The number of hydrogen-bond acceptors (Lipinski definition) is 3. The Morgan fingerprint density at radius 2 is 1.86 bits per heavy atom. The SMILES string of the molecule is CC12CC(NC(=O)N1c1cccc(C(=O)NCc3ccc(C(F)(F)F)cc3)c1)c1ccccc1O2. The van der Waals surface area contributed by atoms with Gasteiger partial charge < -0.3 is 15.4 Å². The van der Waals surface area contributed by atoms with Crippen molar-refractivity contribution in [1.29, 1.82) is 0 Å². The smallest absolute Gasteiger partial charge is 0.416 e. The number of rotatable bonds is 4. The molecule has 0 aromatic heterocycles. The molecule has 0 saturated carbocycles. The van der Waals surface area contributed by atoms with Gasteiger partial charge in [-0.05, 0) is 48.9 Å². The molecule has 3 amide bonds. The van der Waals surface area contributed by atoms with Gasteiger partial charge in [0.2, 0.25) is 0 Å². The van der Waals surface area contributed by atoms with Crippen molar-refractivity contribution in [2.24, 2.45) is 0 Å². The summed E-state index contributed by atoms with van der Waals surface area (Å²) in [5.41, 5.74) is 0.564. The first-order chi connectivity index (χ1) is 16.6. The van der Waals surface area contributed by atoms with Gasteiger partial charge >= 0.3 is 12.2 Å². The number of halogens is 3. The Bertz CT molecular complexity index is 1290. The highest BCUT2D eigenvalue weighted by Crippen LogP contribution is 2.45. The molecule has 5 rings (SSSR count). The van der Waals surface area contributed by atoms with Crippen LogP contribution in [-0.4, -0.2) is 17.7 Å². The van der Waals surface area contributed by atoms with E-state index in [1.807, 2.05) is 31.2 Å². The molecule has 6 nitrogen and oxygen atoms in total. The van der Waals surface area contributed by atoms with Crippen LogP contribution in [0, 0.1) is 0 Å². The van der Waals surface area contributed by atoms with E-state index < -0.39 is 23.4 Å². The van der Waals surface area contributed by atoms with Crippen LogP contribution < -0.4 is 20.3 Å². The van der Waals surface area contributed by atoms with E-state index in [0.717, 1.165) is 17.7 Å². The number of fused-ring (bicyclic) bond motifs is 4. The zero-order valence-electron chi connectivity index (χ0n) is 18.7. The van der Waals surface area contributed by atoms with Crippen LogP contribution in [0.1, 0.15) is 46.4 Å². The van der Waals surface area contributed by atoms with Crippen molar-refractivity contribution >= 4 is 17.6 Å². The van der Waals surface area contributed by atoms with Crippen LogP contribution in [0.4, 0.5) is 23.7 Å². The third-order valence-corrected chi connectivity index (χ3v) is 6.28. The van der Waals surface area contributed by atoms with Gasteiger partial charge in [-0.1, -0.05) is 36.4 Å². The second kappa shape index (κ2) is 8.33. The van der Waals surface area contributed by atoms with E-state index in [-0.39, 0.29) is 18.6 Å². The Balaban J connectivity index is 1.33. The molecule has 3 aromatic rings. The predicted molar refractivity (Wildman–Crippen MR) is 123 cm³/mol. The molecule has 2 aliphatic rings. The molecule has 2 bridgehead atoms. The van der Waals surface area contributed by atoms with E-state index in [0.29, 0.717) is 29.0 Å². The van der Waals surface area contributed by atoms with Crippen molar-refractivity contribution in [2.45, 2.75) is 37.8 Å². The summed E-state index contributed by atoms with van der Waals surface area (Å²) < 4.78 is 44.5. The van der Waals surface area contributed by atoms with E-state index in [9.17, 15) is 22.8 Å². The average Bonchev–Trinajstić information content (AvgIpc) is 2.82. The highest BCUT2D eigenvalue weighted by atomic mass is 19.4. The van der Waals surface area contributed by atoms with E-state index in [2.05, 4.69) is 10.6 Å². The van der Waals surface area contributed by atoms with Gasteiger partial charge in [0.05, 0.1) is 17.3 Å². The Hall–Kier alpha value is -4.01. The first-order valence-electron chi connectivity index (χ1n) is 11.1. The zero-order valence-corrected chi connectivity index (χ0v) is 18.7. The van der Waals surface area contributed by atoms with E-state index in [1.165, 1.54) is 17.0 Å². The highest BCUT2D eigenvalue weighted by molar-refractivity contribution is 5.99. The Labute approximate surface area is 199 Å². The summed E-state index contributed by atoms with van der Waals surface area (Å²) >= 11 is 0. The van der Waals surface area contributed by atoms with Gasteiger partial charge in [-0.2, -0.15) is 13.2 Å².